The van der Waals surface area contributed by atoms with Crippen LogP contribution in [0.25, 0.3) is 10.4 Å². The summed E-state index contributed by atoms with van der Waals surface area (Å²) in [6.07, 6.45) is 0.784. The Bertz CT molecular complexity index is 595. The molecule has 1 N–H and O–H groups in total. The Morgan fingerprint density at radius 3 is 3.05 bits per heavy atom. The number of nitriles is 1. The summed E-state index contributed by atoms with van der Waals surface area (Å²) < 4.78 is 11.1. The Morgan fingerprint density at radius 1 is 1.48 bits per heavy atom. The van der Waals surface area contributed by atoms with Crippen LogP contribution in [0.2, 0.25) is 5.02 Å². The highest BCUT2D eigenvalue weighted by Gasteiger charge is 2.19. The van der Waals surface area contributed by atoms with E-state index in [1.807, 2.05) is 0 Å². The van der Waals surface area contributed by atoms with Crippen LogP contribution in [0.1, 0.15) is 18.0 Å². The Balaban J connectivity index is 2.18. The van der Waals surface area contributed by atoms with Gasteiger partial charge in [-0.15, -0.1) is 0 Å². The van der Waals surface area contributed by atoms with Crippen molar-refractivity contribution in [1.29, 1.82) is 5.26 Å². The lowest BCUT2D eigenvalue weighted by Gasteiger charge is -2.15. The van der Waals surface area contributed by atoms with Crippen molar-refractivity contribution in [3.8, 4) is 17.6 Å². The predicted molar refractivity (Wildman–Crippen MR) is 77.4 cm³/mol. The molecule has 0 radical (unpaired) electrons. The average molecular weight is 308 g/mol. The third-order valence-corrected chi connectivity index (χ3v) is 3.19. The maximum atomic E-state index is 9.26. The molecule has 1 aliphatic rings. The van der Waals surface area contributed by atoms with Gasteiger partial charge in [-0.25, -0.2) is 0 Å². The zero-order chi connectivity index (χ0) is 15.1. The summed E-state index contributed by atoms with van der Waals surface area (Å²) >= 11 is 6.20. The van der Waals surface area contributed by atoms with Crippen LogP contribution < -0.4 is 14.8 Å². The molecular weight excluding hydrogens is 294 g/mol. The summed E-state index contributed by atoms with van der Waals surface area (Å²) in [6, 6.07) is 5.02. The van der Waals surface area contributed by atoms with Gasteiger partial charge in [0.15, 0.2) is 11.5 Å². The van der Waals surface area contributed by atoms with Crippen LogP contribution in [-0.4, -0.2) is 26.3 Å². The van der Waals surface area contributed by atoms with E-state index in [-0.39, 0.29) is 6.54 Å². The fourth-order valence-corrected chi connectivity index (χ4v) is 2.23. The largest absolute Gasteiger partial charge is 0.489 e. The molecule has 0 spiro atoms. The van der Waals surface area contributed by atoms with Crippen LogP contribution in [0, 0.1) is 11.3 Å². The van der Waals surface area contributed by atoms with Gasteiger partial charge in [0.2, 0.25) is 0 Å². The fraction of sp³-hybridized carbons (Fsp3) is 0.462. The third kappa shape index (κ3) is 3.92. The first-order chi connectivity index (χ1) is 10.3. The molecule has 1 unspecified atom stereocenters. The molecule has 1 aromatic rings. The number of fused-ring (bicyclic) bond motifs is 1. The molecule has 1 aliphatic heterocycles. The molecule has 1 aromatic carbocycles. The quantitative estimate of drug-likeness (QED) is 0.391. The van der Waals surface area contributed by atoms with Crippen LogP contribution in [0.3, 0.4) is 0 Å². The number of nitrogens with one attached hydrogen (secondary N) is 1. The van der Waals surface area contributed by atoms with Crippen LogP contribution in [0.4, 0.5) is 0 Å². The van der Waals surface area contributed by atoms with Gasteiger partial charge < -0.3 is 9.47 Å². The molecule has 21 heavy (non-hydrogen) atoms. The molecule has 1 atom stereocenters. The predicted octanol–water partition coefficient (Wildman–Crippen LogP) is 2.97. The first kappa shape index (κ1) is 15.3. The molecule has 1 heterocycles. The van der Waals surface area contributed by atoms with Gasteiger partial charge >= 0.3 is 0 Å². The number of benzene rings is 1. The van der Waals surface area contributed by atoms with E-state index in [9.17, 15) is 5.26 Å². The van der Waals surface area contributed by atoms with E-state index in [0.29, 0.717) is 41.8 Å². The Hall–Kier alpha value is -2.13. The van der Waals surface area contributed by atoms with Crippen LogP contribution >= 0.6 is 11.6 Å². The van der Waals surface area contributed by atoms with E-state index in [1.165, 1.54) is 0 Å². The maximum absolute atomic E-state index is 9.26. The normalized spacial score (nSPS) is 14.5. The van der Waals surface area contributed by atoms with Gasteiger partial charge in [-0.2, -0.15) is 5.26 Å². The van der Waals surface area contributed by atoms with Gasteiger partial charge in [-0.1, -0.05) is 16.7 Å². The van der Waals surface area contributed by atoms with Gasteiger partial charge in [-0.05, 0) is 23.2 Å². The lowest BCUT2D eigenvalue weighted by atomic mass is 10.1. The van der Waals surface area contributed by atoms with Crippen LogP contribution in [0.15, 0.2) is 17.2 Å². The molecule has 7 nitrogen and oxygen atoms in total. The van der Waals surface area contributed by atoms with E-state index >= 15 is 0 Å². The van der Waals surface area contributed by atoms with E-state index in [1.54, 1.807) is 12.1 Å². The first-order valence-corrected chi connectivity index (χ1v) is 6.87. The smallest absolute Gasteiger partial charge is 0.179 e. The van der Waals surface area contributed by atoms with Crippen LogP contribution in [0.5, 0.6) is 11.5 Å². The summed E-state index contributed by atoms with van der Waals surface area (Å²) in [5, 5.41) is 16.1. The minimum absolute atomic E-state index is 0.271. The molecular formula is C13H14ClN5O2. The molecule has 2 rings (SSSR count). The van der Waals surface area contributed by atoms with Crippen molar-refractivity contribution in [1.82, 2.24) is 5.32 Å². The molecule has 0 bridgehead atoms. The Labute approximate surface area is 127 Å². The summed E-state index contributed by atoms with van der Waals surface area (Å²) in [5.41, 5.74) is 8.91. The van der Waals surface area contributed by atoms with Crippen molar-refractivity contribution >= 4 is 11.6 Å². The maximum Gasteiger partial charge on any atom is 0.179 e. The van der Waals surface area contributed by atoms with Gasteiger partial charge in [0.1, 0.15) is 6.04 Å². The van der Waals surface area contributed by atoms with Crippen molar-refractivity contribution in [3.63, 3.8) is 0 Å². The number of hydrogen-bond donors (Lipinski definition) is 1. The minimum Gasteiger partial charge on any atom is -0.489 e. The number of halogens is 1. The summed E-state index contributed by atoms with van der Waals surface area (Å²) in [4.78, 5) is 2.66. The molecule has 0 aliphatic carbocycles. The molecule has 0 fully saturated rings. The highest BCUT2D eigenvalue weighted by atomic mass is 35.5. The van der Waals surface area contributed by atoms with E-state index in [4.69, 9.17) is 26.6 Å². The van der Waals surface area contributed by atoms with Crippen molar-refractivity contribution in [2.75, 3.05) is 26.3 Å². The van der Waals surface area contributed by atoms with E-state index < -0.39 is 6.04 Å². The molecule has 110 valence electrons. The fourth-order valence-electron chi connectivity index (χ4n) is 1.96. The number of rotatable bonds is 5. The molecule has 8 heteroatoms. The standard InChI is InChI=1S/C13H14ClN5O2/c14-10-6-9(11(8-15)17-2-3-18-19-16)7-12-13(10)21-5-1-4-20-12/h6-7,11,17H,1-5H2. The monoisotopic (exact) mass is 307 g/mol. The van der Waals surface area contributed by atoms with Gasteiger partial charge in [0.25, 0.3) is 0 Å². The summed E-state index contributed by atoms with van der Waals surface area (Å²) in [6.45, 7) is 1.77. The van der Waals surface area contributed by atoms with Gasteiger partial charge in [-0.3, -0.25) is 5.32 Å². The van der Waals surface area contributed by atoms with Gasteiger partial charge in [0.05, 0.1) is 24.3 Å². The molecule has 0 aromatic heterocycles. The van der Waals surface area contributed by atoms with Crippen molar-refractivity contribution < 1.29 is 9.47 Å². The number of hydrogen-bond acceptors (Lipinski definition) is 5. The highest BCUT2D eigenvalue weighted by Crippen LogP contribution is 2.39. The van der Waals surface area contributed by atoms with E-state index in [0.717, 1.165) is 6.42 Å². The lowest BCUT2D eigenvalue weighted by molar-refractivity contribution is 0.297. The highest BCUT2D eigenvalue weighted by molar-refractivity contribution is 6.32. The molecule has 0 saturated carbocycles. The second kappa shape index (κ2) is 7.60. The SMILES string of the molecule is N#CC(NCCN=[N+]=[N-])c1cc(Cl)c2c(c1)OCCCO2. The van der Waals surface area contributed by atoms with Crippen molar-refractivity contribution in [3.05, 3.63) is 33.2 Å². The topological polar surface area (TPSA) is 103 Å². The lowest BCUT2D eigenvalue weighted by Crippen LogP contribution is -2.22. The zero-order valence-corrected chi connectivity index (χ0v) is 12.0. The summed E-state index contributed by atoms with van der Waals surface area (Å²) in [7, 11) is 0. The average Bonchev–Trinajstić information content (AvgIpc) is 2.73. The second-order valence-electron chi connectivity index (χ2n) is 4.35. The third-order valence-electron chi connectivity index (χ3n) is 2.91. The summed E-state index contributed by atoms with van der Waals surface area (Å²) in [5.74, 6) is 1.07. The first-order valence-electron chi connectivity index (χ1n) is 6.49. The minimum atomic E-state index is -0.562. The molecule has 0 saturated heterocycles. The van der Waals surface area contributed by atoms with E-state index in [2.05, 4.69) is 21.4 Å². The second-order valence-corrected chi connectivity index (χ2v) is 4.76. The van der Waals surface area contributed by atoms with Crippen molar-refractivity contribution in [2.24, 2.45) is 5.11 Å². The Kier molecular flexibility index (Phi) is 5.52. The number of azide groups is 1. The zero-order valence-electron chi connectivity index (χ0n) is 11.3. The van der Waals surface area contributed by atoms with Crippen LogP contribution in [-0.2, 0) is 0 Å². The number of nitrogens with zero attached hydrogens (tertiary/aromatic N) is 4. The molecule has 0 amide bonds. The Morgan fingerprint density at radius 2 is 2.29 bits per heavy atom. The van der Waals surface area contributed by atoms with Gasteiger partial charge in [0, 0.05) is 24.4 Å². The van der Waals surface area contributed by atoms with Crippen molar-refractivity contribution in [2.45, 2.75) is 12.5 Å². The number of ether oxygens (including phenoxy) is 2.